The number of nitrogens with one attached hydrogen (secondary N) is 3. The van der Waals surface area contributed by atoms with Crippen LogP contribution in [0.25, 0.3) is 0 Å². The van der Waals surface area contributed by atoms with Gasteiger partial charge in [0.2, 0.25) is 23.6 Å². The molecule has 0 aliphatic carbocycles. The average molecular weight is 664 g/mol. The third-order valence-corrected chi connectivity index (χ3v) is 7.42. The van der Waals surface area contributed by atoms with Crippen molar-refractivity contribution >= 4 is 41.5 Å². The van der Waals surface area contributed by atoms with Gasteiger partial charge in [-0.1, -0.05) is 57.1 Å². The van der Waals surface area contributed by atoms with Gasteiger partial charge in [0, 0.05) is 19.7 Å². The molecule has 0 heterocycles. The number of rotatable bonds is 19. The van der Waals surface area contributed by atoms with Gasteiger partial charge in [-0.2, -0.15) is 0 Å². The highest BCUT2D eigenvalue weighted by Crippen LogP contribution is 2.12. The highest BCUT2D eigenvalue weighted by atomic mass is 16.5. The van der Waals surface area contributed by atoms with Crippen LogP contribution in [0.2, 0.25) is 0 Å². The number of nitrogens with zero attached hydrogens (tertiary/aromatic N) is 2. The molecule has 0 fully saturated rings. The van der Waals surface area contributed by atoms with Crippen molar-refractivity contribution in [3.05, 3.63) is 35.5 Å². The first-order valence-electron chi connectivity index (χ1n) is 15.6. The molecule has 5 amide bonds. The molecule has 14 nitrogen and oxygen atoms in total. The highest BCUT2D eigenvalue weighted by molar-refractivity contribution is 5.94. The lowest BCUT2D eigenvalue weighted by atomic mass is 9.98. The number of hydrogen-bond acceptors (Lipinski definition) is 8. The van der Waals surface area contributed by atoms with Crippen LogP contribution in [-0.2, 0) is 38.3 Å². The number of carboxylic acid groups (broad SMARTS) is 1. The molecule has 0 bridgehead atoms. The van der Waals surface area contributed by atoms with E-state index >= 15 is 0 Å². The molecule has 0 aliphatic rings. The van der Waals surface area contributed by atoms with E-state index in [0.717, 1.165) is 16.2 Å². The van der Waals surface area contributed by atoms with E-state index in [2.05, 4.69) is 22.9 Å². The van der Waals surface area contributed by atoms with Crippen LogP contribution in [0.4, 0.5) is 0 Å². The van der Waals surface area contributed by atoms with E-state index in [1.165, 1.54) is 33.5 Å². The first kappa shape index (κ1) is 42.5. The van der Waals surface area contributed by atoms with Crippen molar-refractivity contribution in [1.82, 2.24) is 25.8 Å². The number of esters is 1. The maximum atomic E-state index is 12.8. The van der Waals surface area contributed by atoms with Gasteiger partial charge in [0.25, 0.3) is 5.91 Å². The second kappa shape index (κ2) is 21.3. The van der Waals surface area contributed by atoms with Crippen molar-refractivity contribution in [3.63, 3.8) is 0 Å². The van der Waals surface area contributed by atoms with E-state index in [1.54, 1.807) is 26.0 Å². The molecule has 47 heavy (non-hydrogen) atoms. The molecule has 0 saturated heterocycles. The molecular weight excluding hydrogens is 610 g/mol. The Kier molecular flexibility index (Phi) is 19.3. The van der Waals surface area contributed by atoms with Crippen molar-refractivity contribution in [2.45, 2.75) is 86.4 Å². The lowest BCUT2D eigenvalue weighted by Crippen LogP contribution is -2.55. The molecule has 0 aliphatic heterocycles. The quantitative estimate of drug-likeness (QED) is 0.0688. The first-order chi connectivity index (χ1) is 21.8. The predicted molar refractivity (Wildman–Crippen MR) is 177 cm³/mol. The van der Waals surface area contributed by atoms with Crippen LogP contribution >= 0.6 is 0 Å². The molecule has 4 unspecified atom stereocenters. The van der Waals surface area contributed by atoms with Gasteiger partial charge in [-0.15, -0.1) is 0 Å². The van der Waals surface area contributed by atoms with E-state index < -0.39 is 79.3 Å². The van der Waals surface area contributed by atoms with Crippen LogP contribution < -0.4 is 16.0 Å². The van der Waals surface area contributed by atoms with Gasteiger partial charge in [0.05, 0.1) is 13.1 Å². The number of amides is 5. The lowest BCUT2D eigenvalue weighted by Gasteiger charge is -2.27. The van der Waals surface area contributed by atoms with Gasteiger partial charge in [-0.05, 0) is 52.9 Å². The molecule has 0 saturated carbocycles. The molecule has 0 aromatic heterocycles. The monoisotopic (exact) mass is 663 g/mol. The Bertz CT molecular complexity index is 1230. The molecule has 0 rings (SSSR count). The van der Waals surface area contributed by atoms with Gasteiger partial charge in [-0.3, -0.25) is 28.8 Å². The third kappa shape index (κ3) is 16.6. The van der Waals surface area contributed by atoms with Crippen molar-refractivity contribution in [2.75, 3.05) is 33.8 Å². The fourth-order valence-electron chi connectivity index (χ4n) is 4.06. The van der Waals surface area contributed by atoms with Crippen molar-refractivity contribution < 1.29 is 43.4 Å². The smallest absolute Gasteiger partial charge is 0.334 e. The van der Waals surface area contributed by atoms with E-state index in [-0.39, 0.29) is 11.8 Å². The molecule has 4 N–H and O–H groups in total. The van der Waals surface area contributed by atoms with E-state index in [1.807, 2.05) is 32.9 Å². The zero-order valence-corrected chi connectivity index (χ0v) is 29.3. The summed E-state index contributed by atoms with van der Waals surface area (Å²) in [6, 6.07) is -3.22. The van der Waals surface area contributed by atoms with Gasteiger partial charge in [0.1, 0.15) is 18.1 Å². The maximum absolute atomic E-state index is 12.8. The highest BCUT2D eigenvalue weighted by Gasteiger charge is 2.29. The Balaban J connectivity index is 4.91. The summed E-state index contributed by atoms with van der Waals surface area (Å²) in [7, 11) is 2.70. The fourth-order valence-corrected chi connectivity index (χ4v) is 4.06. The van der Waals surface area contributed by atoms with Crippen molar-refractivity contribution in [2.24, 2.45) is 11.8 Å². The summed E-state index contributed by atoms with van der Waals surface area (Å²) in [5, 5.41) is 16.4. The minimum Gasteiger partial charge on any atom is -0.480 e. The van der Waals surface area contributed by atoms with Crippen LogP contribution in [0.5, 0.6) is 0 Å². The minimum atomic E-state index is -1.23. The summed E-state index contributed by atoms with van der Waals surface area (Å²) in [6.45, 7) is 12.5. The first-order valence-corrected chi connectivity index (χ1v) is 15.6. The molecular formula is C33H53N5O9. The van der Waals surface area contributed by atoms with Gasteiger partial charge >= 0.3 is 11.9 Å². The van der Waals surface area contributed by atoms with Crippen LogP contribution in [-0.4, -0.2) is 108 Å². The number of carboxylic acids is 1. The second-order valence-corrected chi connectivity index (χ2v) is 11.9. The van der Waals surface area contributed by atoms with E-state index in [0.29, 0.717) is 12.0 Å². The standard InChI is InChI=1S/C33H53N5O9/c1-11-20(3)16-21(4)14-13-15-23(6)33(46)47-19-27(40)34-24(7)31(43)38(10)18-28(41)37(9)17-26(39)36-29(22(5)12-2)30(42)35-25(8)32(44)45/h11,13-15,21-22,24-25,29H,12,16-19H2,1-10H3,(H,34,40)(H,35,42)(H,36,39)(H,44,45)/b14-13+,20-11+,23-15+/t21?,22?,24?,25-,29?/m1/s1. The number of hydrogen-bond donors (Lipinski definition) is 4. The Morgan fingerprint density at radius 3 is 2.02 bits per heavy atom. The summed E-state index contributed by atoms with van der Waals surface area (Å²) in [5.41, 5.74) is 1.56. The van der Waals surface area contributed by atoms with E-state index in [4.69, 9.17) is 9.84 Å². The normalized spacial score (nSPS) is 15.0. The second-order valence-electron chi connectivity index (χ2n) is 11.9. The number of allylic oxidation sites excluding steroid dienone is 5. The van der Waals surface area contributed by atoms with Gasteiger partial charge < -0.3 is 35.6 Å². The summed E-state index contributed by atoms with van der Waals surface area (Å²) in [5.74, 6) is -5.14. The SMILES string of the molecule is C/C=C(\C)CC(C)/C=C/C=C(\C)C(=O)OCC(=O)NC(C)C(=O)N(C)CC(=O)N(C)CC(=O)NC(C(=O)N[C@H](C)C(=O)O)C(C)CC. The van der Waals surface area contributed by atoms with Crippen LogP contribution in [0.15, 0.2) is 35.5 Å². The molecule has 264 valence electrons. The van der Waals surface area contributed by atoms with Gasteiger partial charge in [-0.25, -0.2) is 4.79 Å². The topological polar surface area (TPSA) is 192 Å². The Morgan fingerprint density at radius 2 is 1.47 bits per heavy atom. The molecule has 5 atom stereocenters. The van der Waals surface area contributed by atoms with Crippen molar-refractivity contribution in [3.8, 4) is 0 Å². The molecule has 14 heteroatoms. The number of aliphatic carboxylic acids is 1. The number of carbonyl (C=O) groups excluding carboxylic acids is 6. The maximum Gasteiger partial charge on any atom is 0.334 e. The Morgan fingerprint density at radius 1 is 0.851 bits per heavy atom. The minimum absolute atomic E-state index is 0.286. The lowest BCUT2D eigenvalue weighted by molar-refractivity contribution is -0.146. The Hall–Kier alpha value is -4.49. The number of likely N-dealkylation sites (N-methyl/N-ethyl adjacent to an activating group) is 2. The summed E-state index contributed by atoms with van der Waals surface area (Å²) >= 11 is 0. The number of carbonyl (C=O) groups is 7. The largest absolute Gasteiger partial charge is 0.480 e. The summed E-state index contributed by atoms with van der Waals surface area (Å²) in [6.07, 6.45) is 8.80. The zero-order chi connectivity index (χ0) is 36.4. The predicted octanol–water partition coefficient (Wildman–Crippen LogP) is 1.57. The molecule has 0 radical (unpaired) electrons. The number of ether oxygens (including phenoxy) is 1. The average Bonchev–Trinajstić information content (AvgIpc) is 3.00. The van der Waals surface area contributed by atoms with Crippen LogP contribution in [0, 0.1) is 11.8 Å². The van der Waals surface area contributed by atoms with Crippen LogP contribution in [0.3, 0.4) is 0 Å². The van der Waals surface area contributed by atoms with Crippen LogP contribution in [0.1, 0.15) is 68.2 Å². The molecule has 0 spiro atoms. The zero-order valence-electron chi connectivity index (χ0n) is 29.3. The van der Waals surface area contributed by atoms with Crippen molar-refractivity contribution in [1.29, 1.82) is 0 Å². The van der Waals surface area contributed by atoms with Gasteiger partial charge in [0.15, 0.2) is 6.61 Å². The molecule has 0 aromatic rings. The molecule has 0 aromatic carbocycles. The Labute approximate surface area is 278 Å². The summed E-state index contributed by atoms with van der Waals surface area (Å²) in [4.78, 5) is 88.6. The van der Waals surface area contributed by atoms with E-state index in [9.17, 15) is 33.6 Å². The summed E-state index contributed by atoms with van der Waals surface area (Å²) < 4.78 is 5.04. The third-order valence-electron chi connectivity index (χ3n) is 7.42. The fraction of sp³-hybridized carbons (Fsp3) is 0.606.